The Hall–Kier alpha value is -3.53. The summed E-state index contributed by atoms with van der Waals surface area (Å²) in [6.07, 6.45) is 1.76. The molecule has 0 fully saturated rings. The zero-order chi connectivity index (χ0) is 19.1. The van der Waals surface area contributed by atoms with Crippen LogP contribution in [0.1, 0.15) is 21.1 Å². The second-order valence-electron chi connectivity index (χ2n) is 5.88. The number of benzene rings is 1. The van der Waals surface area contributed by atoms with Crippen molar-refractivity contribution in [1.82, 2.24) is 14.5 Å². The Morgan fingerprint density at radius 2 is 2.15 bits per heavy atom. The summed E-state index contributed by atoms with van der Waals surface area (Å²) in [6, 6.07) is 7.91. The number of nitro groups is 1. The summed E-state index contributed by atoms with van der Waals surface area (Å²) in [5.41, 5.74) is 1.97. The minimum atomic E-state index is -0.443. The lowest BCUT2D eigenvalue weighted by molar-refractivity contribution is -0.384. The first-order chi connectivity index (χ1) is 12.9. The third-order valence-corrected chi connectivity index (χ3v) is 5.14. The van der Waals surface area contributed by atoms with Crippen LogP contribution in [0.2, 0.25) is 0 Å². The van der Waals surface area contributed by atoms with Crippen molar-refractivity contribution in [2.75, 3.05) is 5.32 Å². The average molecular weight is 383 g/mol. The molecule has 136 valence electrons. The predicted octanol–water partition coefficient (Wildman–Crippen LogP) is 3.83. The van der Waals surface area contributed by atoms with E-state index in [9.17, 15) is 14.9 Å². The van der Waals surface area contributed by atoms with Gasteiger partial charge in [0.05, 0.1) is 10.6 Å². The van der Waals surface area contributed by atoms with Crippen LogP contribution in [0.15, 0.2) is 41.1 Å². The van der Waals surface area contributed by atoms with Gasteiger partial charge in [-0.15, -0.1) is 0 Å². The lowest BCUT2D eigenvalue weighted by Gasteiger charge is -2.00. The van der Waals surface area contributed by atoms with E-state index >= 15 is 0 Å². The van der Waals surface area contributed by atoms with Crippen LogP contribution in [0.5, 0.6) is 0 Å². The number of aryl methyl sites for hydroxylation is 2. The number of rotatable bonds is 4. The second-order valence-corrected chi connectivity index (χ2v) is 6.86. The molecule has 1 amide bonds. The fourth-order valence-corrected chi connectivity index (χ4v) is 3.68. The molecule has 1 N–H and O–H groups in total. The first kappa shape index (κ1) is 16.9. The monoisotopic (exact) mass is 383 g/mol. The van der Waals surface area contributed by atoms with Crippen molar-refractivity contribution in [1.29, 1.82) is 0 Å². The van der Waals surface area contributed by atoms with Gasteiger partial charge >= 0.3 is 0 Å². The minimum absolute atomic E-state index is 0.00329. The molecule has 0 unspecified atom stereocenters. The molecule has 27 heavy (non-hydrogen) atoms. The number of non-ortho nitro benzene ring substituents is 1. The normalized spacial score (nSPS) is 11.0. The largest absolute Gasteiger partial charge is 0.360 e. The Kier molecular flexibility index (Phi) is 3.96. The highest BCUT2D eigenvalue weighted by atomic mass is 32.1. The van der Waals surface area contributed by atoms with Gasteiger partial charge in [-0.1, -0.05) is 28.6 Å². The SMILES string of the molecule is Cc1cc(NC(=O)c2sc3nc(-c4cccc([N+](=O)[O-])c4)cn3c2C)no1. The van der Waals surface area contributed by atoms with Crippen molar-refractivity contribution in [3.05, 3.63) is 63.0 Å². The van der Waals surface area contributed by atoms with Gasteiger partial charge in [0, 0.05) is 35.7 Å². The van der Waals surface area contributed by atoms with Crippen LogP contribution < -0.4 is 5.32 Å². The molecule has 0 radical (unpaired) electrons. The summed E-state index contributed by atoms with van der Waals surface area (Å²) in [5, 5.41) is 17.4. The fraction of sp³-hybridized carbons (Fsp3) is 0.118. The Morgan fingerprint density at radius 1 is 1.33 bits per heavy atom. The van der Waals surface area contributed by atoms with Gasteiger partial charge in [-0.2, -0.15) is 0 Å². The number of nitrogens with one attached hydrogen (secondary N) is 1. The molecule has 3 aromatic heterocycles. The highest BCUT2D eigenvalue weighted by molar-refractivity contribution is 7.19. The van der Waals surface area contributed by atoms with Gasteiger partial charge in [-0.05, 0) is 13.8 Å². The molecule has 0 saturated heterocycles. The van der Waals surface area contributed by atoms with Crippen molar-refractivity contribution in [2.24, 2.45) is 0 Å². The number of carbonyl (C=O) groups is 1. The Bertz CT molecular complexity index is 1190. The smallest absolute Gasteiger partial charge is 0.270 e. The summed E-state index contributed by atoms with van der Waals surface area (Å²) in [5.74, 6) is 0.651. The van der Waals surface area contributed by atoms with Gasteiger partial charge in [-0.25, -0.2) is 4.98 Å². The zero-order valence-corrected chi connectivity index (χ0v) is 15.1. The Balaban J connectivity index is 1.66. The van der Waals surface area contributed by atoms with Gasteiger partial charge in [-0.3, -0.25) is 19.3 Å². The molecule has 0 saturated carbocycles. The first-order valence-corrected chi connectivity index (χ1v) is 8.72. The van der Waals surface area contributed by atoms with E-state index in [4.69, 9.17) is 4.52 Å². The van der Waals surface area contributed by atoms with E-state index < -0.39 is 4.92 Å². The maximum atomic E-state index is 12.5. The summed E-state index contributed by atoms with van der Waals surface area (Å²) in [7, 11) is 0. The van der Waals surface area contributed by atoms with Gasteiger partial charge in [0.2, 0.25) is 0 Å². The predicted molar refractivity (Wildman–Crippen MR) is 99.1 cm³/mol. The lowest BCUT2D eigenvalue weighted by atomic mass is 10.1. The van der Waals surface area contributed by atoms with E-state index in [0.29, 0.717) is 32.7 Å². The van der Waals surface area contributed by atoms with Crippen LogP contribution >= 0.6 is 11.3 Å². The number of aromatic nitrogens is 3. The van der Waals surface area contributed by atoms with Crippen LogP contribution in [0.3, 0.4) is 0 Å². The molecule has 0 aliphatic rings. The summed E-state index contributed by atoms with van der Waals surface area (Å²) >= 11 is 1.23. The highest BCUT2D eigenvalue weighted by Crippen LogP contribution is 2.29. The topological polar surface area (TPSA) is 116 Å². The second kappa shape index (κ2) is 6.32. The number of hydrogen-bond acceptors (Lipinski definition) is 7. The van der Waals surface area contributed by atoms with E-state index in [0.717, 1.165) is 5.69 Å². The number of hydrogen-bond donors (Lipinski definition) is 1. The molecule has 1 aromatic carbocycles. The molecule has 0 atom stereocenters. The molecule has 9 nitrogen and oxygen atoms in total. The summed E-state index contributed by atoms with van der Waals surface area (Å²) in [4.78, 5) is 28.6. The molecule has 0 aliphatic carbocycles. The number of nitro benzene ring substituents is 1. The number of carbonyl (C=O) groups excluding carboxylic acids is 1. The minimum Gasteiger partial charge on any atom is -0.360 e. The van der Waals surface area contributed by atoms with E-state index in [1.165, 1.54) is 23.5 Å². The maximum Gasteiger partial charge on any atom is 0.270 e. The first-order valence-electron chi connectivity index (χ1n) is 7.90. The van der Waals surface area contributed by atoms with E-state index in [2.05, 4.69) is 15.5 Å². The number of imidazole rings is 1. The highest BCUT2D eigenvalue weighted by Gasteiger charge is 2.19. The standard InChI is InChI=1S/C17H13N5O4S/c1-9-6-14(20-26-9)19-16(23)15-10(2)21-8-13(18-17(21)27-15)11-4-3-5-12(7-11)22(24)25/h3-8H,1-2H3,(H,19,20,23). The molecule has 0 spiro atoms. The van der Waals surface area contributed by atoms with Gasteiger partial charge in [0.1, 0.15) is 10.6 Å². The van der Waals surface area contributed by atoms with Crippen molar-refractivity contribution in [2.45, 2.75) is 13.8 Å². The number of amides is 1. The van der Waals surface area contributed by atoms with Crippen molar-refractivity contribution >= 4 is 33.7 Å². The molecule has 0 aliphatic heterocycles. The van der Waals surface area contributed by atoms with Crippen molar-refractivity contribution < 1.29 is 14.2 Å². The summed E-state index contributed by atoms with van der Waals surface area (Å²) in [6.45, 7) is 3.55. The molecule has 4 rings (SSSR count). The van der Waals surface area contributed by atoms with Crippen LogP contribution in [0.25, 0.3) is 16.2 Å². The van der Waals surface area contributed by atoms with Crippen LogP contribution in [0, 0.1) is 24.0 Å². The van der Waals surface area contributed by atoms with Gasteiger partial charge in [0.25, 0.3) is 11.6 Å². The molecule has 4 aromatic rings. The van der Waals surface area contributed by atoms with E-state index in [1.807, 2.05) is 6.92 Å². The van der Waals surface area contributed by atoms with Crippen molar-refractivity contribution in [3.63, 3.8) is 0 Å². The average Bonchev–Trinajstić information content (AvgIpc) is 3.31. The van der Waals surface area contributed by atoms with Crippen LogP contribution in [0.4, 0.5) is 11.5 Å². The zero-order valence-electron chi connectivity index (χ0n) is 14.3. The molecular weight excluding hydrogens is 370 g/mol. The number of fused-ring (bicyclic) bond motifs is 1. The van der Waals surface area contributed by atoms with Gasteiger partial charge < -0.3 is 9.84 Å². The van der Waals surface area contributed by atoms with Crippen LogP contribution in [-0.2, 0) is 0 Å². The van der Waals surface area contributed by atoms with E-state index in [1.54, 1.807) is 35.7 Å². The third-order valence-electron chi connectivity index (χ3n) is 3.99. The Labute approximate surface area is 156 Å². The molecule has 10 heteroatoms. The molecular formula is C17H13N5O4S. The maximum absolute atomic E-state index is 12.5. The van der Waals surface area contributed by atoms with Gasteiger partial charge in [0.15, 0.2) is 10.8 Å². The quantitative estimate of drug-likeness (QED) is 0.423. The van der Waals surface area contributed by atoms with Crippen molar-refractivity contribution in [3.8, 4) is 11.3 Å². The number of nitrogens with zero attached hydrogens (tertiary/aromatic N) is 4. The number of anilines is 1. The van der Waals surface area contributed by atoms with Crippen LogP contribution in [-0.4, -0.2) is 25.4 Å². The lowest BCUT2D eigenvalue weighted by Crippen LogP contribution is -2.12. The molecule has 3 heterocycles. The molecule has 0 bridgehead atoms. The fourth-order valence-electron chi connectivity index (χ4n) is 2.68. The summed E-state index contributed by atoms with van der Waals surface area (Å²) < 4.78 is 6.73. The Morgan fingerprint density at radius 3 is 2.81 bits per heavy atom. The van der Waals surface area contributed by atoms with E-state index in [-0.39, 0.29) is 11.6 Å². The number of thiazole rings is 1. The third kappa shape index (κ3) is 3.06.